The molecule has 1 heterocycles. The summed E-state index contributed by atoms with van der Waals surface area (Å²) in [5, 5.41) is 13.2. The number of carboxylic acid groups (broad SMARTS) is 1. The number of aliphatic carboxylic acids is 1. The summed E-state index contributed by atoms with van der Waals surface area (Å²) in [6.45, 7) is 3.79. The largest absolute Gasteiger partial charge is 0.485 e. The number of halogens is 1. The number of hydrogen-bond acceptors (Lipinski definition) is 6. The van der Waals surface area contributed by atoms with E-state index in [1.54, 1.807) is 12.1 Å². The average molecular weight is 461 g/mol. The highest BCUT2D eigenvalue weighted by Crippen LogP contribution is 2.21. The Morgan fingerprint density at radius 1 is 1.14 bits per heavy atom. The third-order valence-electron chi connectivity index (χ3n) is 3.98. The van der Waals surface area contributed by atoms with Crippen LogP contribution in [0, 0.1) is 0 Å². The summed E-state index contributed by atoms with van der Waals surface area (Å²) in [5.74, 6) is 0.512. The van der Waals surface area contributed by atoms with Gasteiger partial charge in [0.2, 0.25) is 5.82 Å². The van der Waals surface area contributed by atoms with Gasteiger partial charge >= 0.3 is 5.97 Å². The molecule has 0 saturated carbocycles. The van der Waals surface area contributed by atoms with Crippen molar-refractivity contribution in [3.8, 4) is 17.2 Å². The number of carboxylic acids is 1. The lowest BCUT2D eigenvalue weighted by molar-refractivity contribution is -0.153. The Morgan fingerprint density at radius 3 is 2.45 bits per heavy atom. The number of nitrogens with zero attached hydrogens (tertiary/aromatic N) is 2. The molecule has 2 aromatic carbocycles. The smallest absolute Gasteiger partial charge is 0.333 e. The summed E-state index contributed by atoms with van der Waals surface area (Å²) < 4.78 is 17.4. The normalized spacial score (nSPS) is 12.1. The van der Waals surface area contributed by atoms with Crippen LogP contribution < -0.4 is 4.74 Å². The second kappa shape index (κ2) is 9.67. The number of ether oxygens (including phenoxy) is 2. The molecule has 7 nitrogen and oxygen atoms in total. The first-order valence-electron chi connectivity index (χ1n) is 9.09. The van der Waals surface area contributed by atoms with Gasteiger partial charge < -0.3 is 19.1 Å². The second-order valence-electron chi connectivity index (χ2n) is 6.67. The maximum absolute atomic E-state index is 11.3. The van der Waals surface area contributed by atoms with Gasteiger partial charge in [-0.3, -0.25) is 0 Å². The van der Waals surface area contributed by atoms with Crippen molar-refractivity contribution in [3.63, 3.8) is 0 Å². The van der Waals surface area contributed by atoms with E-state index in [1.165, 1.54) is 0 Å². The highest BCUT2D eigenvalue weighted by molar-refractivity contribution is 9.10. The molecule has 1 aromatic heterocycles. The lowest BCUT2D eigenvalue weighted by Gasteiger charge is -2.16. The standard InChI is InChI=1S/C21H21BrN2O5/c1-13(2)28-18(21(25)26)11-14-3-9-17(10-4-14)27-12-19-23-20(29-24-19)15-5-7-16(22)8-6-15/h3-10,13,18H,11-12H2,1-2H3,(H,25,26). The molecule has 0 aliphatic carbocycles. The number of aromatic nitrogens is 2. The van der Waals surface area contributed by atoms with Crippen LogP contribution in [0.3, 0.4) is 0 Å². The van der Waals surface area contributed by atoms with Crippen LogP contribution in [0.5, 0.6) is 5.75 Å². The molecular formula is C21H21BrN2O5. The van der Waals surface area contributed by atoms with Crippen molar-refractivity contribution >= 4 is 21.9 Å². The number of benzene rings is 2. The fraction of sp³-hybridized carbons (Fsp3) is 0.286. The second-order valence-corrected chi connectivity index (χ2v) is 7.59. The third kappa shape index (κ3) is 6.13. The number of hydrogen-bond donors (Lipinski definition) is 1. The molecule has 0 aliphatic heterocycles. The van der Waals surface area contributed by atoms with Gasteiger partial charge in [-0.1, -0.05) is 33.2 Å². The van der Waals surface area contributed by atoms with Crippen LogP contribution in [0.2, 0.25) is 0 Å². The minimum absolute atomic E-state index is 0.157. The van der Waals surface area contributed by atoms with Crippen molar-refractivity contribution in [1.29, 1.82) is 0 Å². The van der Waals surface area contributed by atoms with E-state index in [-0.39, 0.29) is 19.1 Å². The highest BCUT2D eigenvalue weighted by atomic mass is 79.9. The molecule has 0 amide bonds. The minimum Gasteiger partial charge on any atom is -0.485 e. The predicted octanol–water partition coefficient (Wildman–Crippen LogP) is 4.50. The van der Waals surface area contributed by atoms with Crippen molar-refractivity contribution in [2.75, 3.05) is 0 Å². The zero-order valence-electron chi connectivity index (χ0n) is 16.0. The Hall–Kier alpha value is -2.71. The summed E-state index contributed by atoms with van der Waals surface area (Å²) in [7, 11) is 0. The van der Waals surface area contributed by atoms with Crippen LogP contribution in [-0.2, 0) is 22.6 Å². The van der Waals surface area contributed by atoms with Gasteiger partial charge in [-0.15, -0.1) is 0 Å². The van der Waals surface area contributed by atoms with Crippen LogP contribution in [0.15, 0.2) is 57.5 Å². The Labute approximate surface area is 176 Å². The maximum atomic E-state index is 11.3. The molecule has 29 heavy (non-hydrogen) atoms. The molecule has 0 radical (unpaired) electrons. The van der Waals surface area contributed by atoms with E-state index in [1.807, 2.05) is 50.2 Å². The first-order chi connectivity index (χ1) is 13.9. The summed E-state index contributed by atoms with van der Waals surface area (Å²) >= 11 is 3.39. The molecule has 1 N–H and O–H groups in total. The van der Waals surface area contributed by atoms with Gasteiger partial charge in [0, 0.05) is 16.5 Å². The Bertz CT molecular complexity index is 938. The van der Waals surface area contributed by atoms with E-state index < -0.39 is 12.1 Å². The maximum Gasteiger partial charge on any atom is 0.333 e. The highest BCUT2D eigenvalue weighted by Gasteiger charge is 2.20. The number of rotatable bonds is 9. The van der Waals surface area contributed by atoms with Crippen LogP contribution in [0.4, 0.5) is 0 Å². The van der Waals surface area contributed by atoms with Gasteiger partial charge in [-0.2, -0.15) is 4.98 Å². The summed E-state index contributed by atoms with van der Waals surface area (Å²) in [6.07, 6.45) is -0.746. The van der Waals surface area contributed by atoms with Crippen molar-refractivity contribution in [3.05, 3.63) is 64.4 Å². The van der Waals surface area contributed by atoms with Gasteiger partial charge in [-0.25, -0.2) is 4.79 Å². The molecule has 1 unspecified atom stereocenters. The molecule has 1 atom stereocenters. The van der Waals surface area contributed by atoms with Crippen LogP contribution >= 0.6 is 15.9 Å². The Balaban J connectivity index is 1.56. The molecule has 3 aromatic rings. The van der Waals surface area contributed by atoms with Gasteiger partial charge in [0.1, 0.15) is 5.75 Å². The number of carbonyl (C=O) groups is 1. The monoisotopic (exact) mass is 460 g/mol. The molecule has 8 heteroatoms. The first kappa shape index (κ1) is 21.0. The Morgan fingerprint density at radius 2 is 1.83 bits per heavy atom. The summed E-state index contributed by atoms with van der Waals surface area (Å²) in [5.41, 5.74) is 1.68. The molecule has 152 valence electrons. The van der Waals surface area contributed by atoms with E-state index in [0.29, 0.717) is 17.5 Å². The Kier molecular flexibility index (Phi) is 7.00. The van der Waals surface area contributed by atoms with Crippen LogP contribution in [0.1, 0.15) is 25.2 Å². The van der Waals surface area contributed by atoms with Gasteiger partial charge in [0.15, 0.2) is 12.7 Å². The molecule has 3 rings (SSSR count). The zero-order valence-corrected chi connectivity index (χ0v) is 17.6. The minimum atomic E-state index is -0.974. The fourth-order valence-corrected chi connectivity index (χ4v) is 2.89. The molecule has 0 aliphatic rings. The van der Waals surface area contributed by atoms with Crippen molar-refractivity contribution in [1.82, 2.24) is 10.1 Å². The fourth-order valence-electron chi connectivity index (χ4n) is 2.63. The van der Waals surface area contributed by atoms with E-state index in [9.17, 15) is 9.90 Å². The van der Waals surface area contributed by atoms with E-state index in [4.69, 9.17) is 14.0 Å². The lowest BCUT2D eigenvalue weighted by atomic mass is 10.1. The molecule has 0 spiro atoms. The summed E-state index contributed by atoms with van der Waals surface area (Å²) in [4.78, 5) is 15.6. The van der Waals surface area contributed by atoms with Crippen LogP contribution in [0.25, 0.3) is 11.5 Å². The quantitative estimate of drug-likeness (QED) is 0.502. The molecular weight excluding hydrogens is 440 g/mol. The SMILES string of the molecule is CC(C)OC(Cc1ccc(OCc2noc(-c3ccc(Br)cc3)n2)cc1)C(=O)O. The molecule has 0 bridgehead atoms. The topological polar surface area (TPSA) is 94.7 Å². The van der Waals surface area contributed by atoms with Crippen LogP contribution in [-0.4, -0.2) is 33.4 Å². The molecule has 0 fully saturated rings. The molecule has 0 saturated heterocycles. The van der Waals surface area contributed by atoms with Crippen molar-refractivity contribution in [2.45, 2.75) is 39.1 Å². The van der Waals surface area contributed by atoms with Crippen molar-refractivity contribution in [2.24, 2.45) is 0 Å². The zero-order chi connectivity index (χ0) is 20.8. The van der Waals surface area contributed by atoms with E-state index >= 15 is 0 Å². The van der Waals surface area contributed by atoms with Gasteiger partial charge in [-0.05, 0) is 55.8 Å². The van der Waals surface area contributed by atoms with E-state index in [2.05, 4.69) is 26.1 Å². The third-order valence-corrected chi connectivity index (χ3v) is 4.51. The lowest BCUT2D eigenvalue weighted by Crippen LogP contribution is -2.29. The predicted molar refractivity (Wildman–Crippen MR) is 110 cm³/mol. The van der Waals surface area contributed by atoms with E-state index in [0.717, 1.165) is 15.6 Å². The van der Waals surface area contributed by atoms with Gasteiger partial charge in [0.05, 0.1) is 6.10 Å². The van der Waals surface area contributed by atoms with Gasteiger partial charge in [0.25, 0.3) is 5.89 Å². The van der Waals surface area contributed by atoms with Crippen molar-refractivity contribution < 1.29 is 23.9 Å². The summed E-state index contributed by atoms with van der Waals surface area (Å²) in [6, 6.07) is 14.8. The average Bonchev–Trinajstić information content (AvgIpc) is 3.16. The first-order valence-corrected chi connectivity index (χ1v) is 9.88.